The highest BCUT2D eigenvalue weighted by Crippen LogP contribution is 2.27. The van der Waals surface area contributed by atoms with E-state index in [2.05, 4.69) is 0 Å². The lowest BCUT2D eigenvalue weighted by molar-refractivity contribution is 0.0698. The van der Waals surface area contributed by atoms with Gasteiger partial charge in [-0.25, -0.2) is 8.42 Å². The summed E-state index contributed by atoms with van der Waals surface area (Å²) >= 11 is 13.2. The van der Waals surface area contributed by atoms with Gasteiger partial charge in [0.05, 0.1) is 20.5 Å². The van der Waals surface area contributed by atoms with Crippen molar-refractivity contribution in [2.75, 3.05) is 26.2 Å². The number of nitrogens with zero attached hydrogens (tertiary/aromatic N) is 2. The molecule has 128 valence electrons. The molecule has 0 bridgehead atoms. The summed E-state index contributed by atoms with van der Waals surface area (Å²) in [5.41, 5.74) is 0.640. The summed E-state index contributed by atoms with van der Waals surface area (Å²) in [4.78, 5) is 14.1. The number of carbonyl (C=O) groups excluding carboxylic acids is 1. The molecule has 1 saturated heterocycles. The fourth-order valence-electron chi connectivity index (χ4n) is 2.49. The Morgan fingerprint density at radius 2 is 1.75 bits per heavy atom. The number of piperazine rings is 1. The number of sulfonamides is 1. The number of benzene rings is 1. The molecule has 0 saturated carbocycles. The van der Waals surface area contributed by atoms with Crippen LogP contribution in [0.25, 0.3) is 0 Å². The highest BCUT2D eigenvalue weighted by Gasteiger charge is 2.30. The molecule has 0 radical (unpaired) electrons. The van der Waals surface area contributed by atoms with E-state index in [4.69, 9.17) is 23.2 Å². The fourth-order valence-corrected chi connectivity index (χ4v) is 4.93. The van der Waals surface area contributed by atoms with Crippen LogP contribution in [0.3, 0.4) is 0 Å². The van der Waals surface area contributed by atoms with Crippen LogP contribution in [0, 0.1) is 0 Å². The highest BCUT2D eigenvalue weighted by molar-refractivity contribution is 7.89. The van der Waals surface area contributed by atoms with Crippen LogP contribution in [0.2, 0.25) is 10.0 Å². The van der Waals surface area contributed by atoms with E-state index >= 15 is 0 Å². The molecule has 0 unspecified atom stereocenters. The SMILES string of the molecule is O=C(c1ccsc1)N1CCN(S(=O)(=O)c2ccc(Cl)c(Cl)c2)CC1. The molecule has 9 heteroatoms. The van der Waals surface area contributed by atoms with Crippen LogP contribution in [0.15, 0.2) is 39.9 Å². The lowest BCUT2D eigenvalue weighted by atomic mass is 10.2. The fraction of sp³-hybridized carbons (Fsp3) is 0.267. The Morgan fingerprint density at radius 3 is 2.33 bits per heavy atom. The lowest BCUT2D eigenvalue weighted by Crippen LogP contribution is -2.50. The van der Waals surface area contributed by atoms with Gasteiger partial charge in [-0.05, 0) is 29.6 Å². The zero-order valence-electron chi connectivity index (χ0n) is 12.5. The second-order valence-corrected chi connectivity index (χ2v) is 8.82. The van der Waals surface area contributed by atoms with E-state index in [1.165, 1.54) is 33.8 Å². The largest absolute Gasteiger partial charge is 0.336 e. The number of amides is 1. The quantitative estimate of drug-likeness (QED) is 0.788. The maximum absolute atomic E-state index is 12.7. The van der Waals surface area contributed by atoms with E-state index in [-0.39, 0.29) is 28.9 Å². The molecule has 1 fully saturated rings. The van der Waals surface area contributed by atoms with Crippen LogP contribution < -0.4 is 0 Å². The zero-order valence-corrected chi connectivity index (χ0v) is 15.6. The molecule has 1 aromatic carbocycles. The molecule has 0 atom stereocenters. The summed E-state index contributed by atoms with van der Waals surface area (Å²) in [6, 6.07) is 6.02. The van der Waals surface area contributed by atoms with E-state index in [9.17, 15) is 13.2 Å². The van der Waals surface area contributed by atoms with Crippen molar-refractivity contribution in [3.8, 4) is 0 Å². The Labute approximate surface area is 154 Å². The minimum atomic E-state index is -3.65. The molecule has 1 aromatic heterocycles. The van der Waals surface area contributed by atoms with Crippen LogP contribution in [-0.4, -0.2) is 49.7 Å². The molecule has 1 aliphatic heterocycles. The summed E-state index contributed by atoms with van der Waals surface area (Å²) in [7, 11) is -3.65. The average molecular weight is 405 g/mol. The maximum atomic E-state index is 12.7. The van der Waals surface area contributed by atoms with Gasteiger partial charge in [-0.15, -0.1) is 0 Å². The van der Waals surface area contributed by atoms with Crippen molar-refractivity contribution < 1.29 is 13.2 Å². The summed E-state index contributed by atoms with van der Waals surface area (Å²) in [6.45, 7) is 1.21. The number of rotatable bonds is 3. The van der Waals surface area contributed by atoms with E-state index in [0.29, 0.717) is 23.7 Å². The third-order valence-corrected chi connectivity index (χ3v) is 7.14. The van der Waals surface area contributed by atoms with Gasteiger partial charge in [-0.2, -0.15) is 15.6 Å². The van der Waals surface area contributed by atoms with Crippen LogP contribution >= 0.6 is 34.5 Å². The minimum absolute atomic E-state index is 0.0668. The van der Waals surface area contributed by atoms with Crippen LogP contribution in [-0.2, 0) is 10.0 Å². The van der Waals surface area contributed by atoms with Crippen molar-refractivity contribution in [3.05, 3.63) is 50.6 Å². The molecule has 1 amide bonds. The van der Waals surface area contributed by atoms with Gasteiger partial charge in [0.2, 0.25) is 10.0 Å². The molecule has 3 rings (SSSR count). The van der Waals surface area contributed by atoms with Gasteiger partial charge in [0, 0.05) is 31.6 Å². The molecule has 5 nitrogen and oxygen atoms in total. The molecular formula is C15H14Cl2N2O3S2. The van der Waals surface area contributed by atoms with E-state index in [0.717, 1.165) is 0 Å². The van der Waals surface area contributed by atoms with E-state index in [1.807, 2.05) is 5.38 Å². The van der Waals surface area contributed by atoms with Crippen molar-refractivity contribution in [2.45, 2.75) is 4.90 Å². The Morgan fingerprint density at radius 1 is 1.04 bits per heavy atom. The van der Waals surface area contributed by atoms with Gasteiger partial charge in [-0.1, -0.05) is 23.2 Å². The van der Waals surface area contributed by atoms with E-state index < -0.39 is 10.0 Å². The highest BCUT2D eigenvalue weighted by atomic mass is 35.5. The average Bonchev–Trinajstić information content (AvgIpc) is 3.11. The summed E-state index contributed by atoms with van der Waals surface area (Å²) in [5, 5.41) is 4.14. The number of hydrogen-bond acceptors (Lipinski definition) is 4. The Balaban J connectivity index is 1.71. The standard InChI is InChI=1S/C15H14Cl2N2O3S2/c16-13-2-1-12(9-14(13)17)24(21,22)19-6-4-18(5-7-19)15(20)11-3-8-23-10-11/h1-3,8-10H,4-7H2. The van der Waals surface area contributed by atoms with Crippen LogP contribution in [0.1, 0.15) is 10.4 Å². The topological polar surface area (TPSA) is 57.7 Å². The first-order chi connectivity index (χ1) is 11.4. The summed E-state index contributed by atoms with van der Waals surface area (Å²) in [6.07, 6.45) is 0. The molecule has 0 N–H and O–H groups in total. The van der Waals surface area contributed by atoms with Gasteiger partial charge in [-0.3, -0.25) is 4.79 Å². The van der Waals surface area contributed by atoms with Gasteiger partial charge in [0.25, 0.3) is 5.91 Å². The number of carbonyl (C=O) groups is 1. The first-order valence-corrected chi connectivity index (χ1v) is 10.3. The Bertz CT molecular complexity index is 846. The zero-order chi connectivity index (χ0) is 17.3. The van der Waals surface area contributed by atoms with Crippen molar-refractivity contribution in [1.82, 2.24) is 9.21 Å². The molecule has 0 spiro atoms. The monoisotopic (exact) mass is 404 g/mol. The molecule has 2 heterocycles. The number of hydrogen-bond donors (Lipinski definition) is 0. The number of thiophene rings is 1. The maximum Gasteiger partial charge on any atom is 0.254 e. The minimum Gasteiger partial charge on any atom is -0.336 e. The molecule has 1 aliphatic rings. The third kappa shape index (κ3) is 3.45. The van der Waals surface area contributed by atoms with Crippen LogP contribution in [0.5, 0.6) is 0 Å². The summed E-state index contributed by atoms with van der Waals surface area (Å²) < 4.78 is 26.7. The van der Waals surface area contributed by atoms with Crippen molar-refractivity contribution in [3.63, 3.8) is 0 Å². The van der Waals surface area contributed by atoms with Crippen LogP contribution in [0.4, 0.5) is 0 Å². The Kier molecular flexibility index (Phi) is 5.17. The predicted molar refractivity (Wildman–Crippen MR) is 95.4 cm³/mol. The smallest absolute Gasteiger partial charge is 0.254 e. The first-order valence-electron chi connectivity index (χ1n) is 7.16. The molecule has 2 aromatic rings. The predicted octanol–water partition coefficient (Wildman–Crippen LogP) is 3.20. The lowest BCUT2D eigenvalue weighted by Gasteiger charge is -2.34. The van der Waals surface area contributed by atoms with Crippen molar-refractivity contribution >= 4 is 50.5 Å². The second-order valence-electron chi connectivity index (χ2n) is 5.28. The third-order valence-electron chi connectivity index (χ3n) is 3.82. The van der Waals surface area contributed by atoms with Gasteiger partial charge in [0.15, 0.2) is 0 Å². The van der Waals surface area contributed by atoms with Crippen molar-refractivity contribution in [1.29, 1.82) is 0 Å². The van der Waals surface area contributed by atoms with Gasteiger partial charge < -0.3 is 4.90 Å². The number of halogens is 2. The second kappa shape index (κ2) is 7.01. The normalized spacial score (nSPS) is 16.3. The molecule has 0 aliphatic carbocycles. The van der Waals surface area contributed by atoms with Gasteiger partial charge >= 0.3 is 0 Å². The van der Waals surface area contributed by atoms with Crippen molar-refractivity contribution in [2.24, 2.45) is 0 Å². The molecular weight excluding hydrogens is 391 g/mol. The van der Waals surface area contributed by atoms with E-state index in [1.54, 1.807) is 16.3 Å². The molecule has 24 heavy (non-hydrogen) atoms. The Hall–Kier alpha value is -1.12. The van der Waals surface area contributed by atoms with Gasteiger partial charge in [0.1, 0.15) is 0 Å². The summed E-state index contributed by atoms with van der Waals surface area (Å²) in [5.74, 6) is -0.0668. The first kappa shape index (κ1) is 17.7.